The van der Waals surface area contributed by atoms with Crippen molar-refractivity contribution in [3.63, 3.8) is 0 Å². The Labute approximate surface area is 170 Å². The summed E-state index contributed by atoms with van der Waals surface area (Å²) in [6.45, 7) is 0. The van der Waals surface area contributed by atoms with Crippen molar-refractivity contribution in [3.8, 4) is 5.69 Å². The second kappa shape index (κ2) is 7.02. The highest BCUT2D eigenvalue weighted by atomic mass is 35.5. The quantitative estimate of drug-likeness (QED) is 0.597. The first kappa shape index (κ1) is 19.2. The van der Waals surface area contributed by atoms with Crippen molar-refractivity contribution >= 4 is 45.6 Å². The standard InChI is InChI=1S/C16H10Cl2F3N5OS/c17-8-3-4-11(10(18)5-8)26-12(7-1-2-7)9(6-22-26)13(27)23-15-25-24-14(28-15)16(19,20)21/h3-7H,1-2H2,(H,23,25,27). The molecule has 1 saturated carbocycles. The topological polar surface area (TPSA) is 72.7 Å². The molecule has 0 saturated heterocycles. The highest BCUT2D eigenvalue weighted by Gasteiger charge is 2.37. The summed E-state index contributed by atoms with van der Waals surface area (Å²) in [5.41, 5.74) is 1.45. The Kier molecular flexibility index (Phi) is 4.80. The van der Waals surface area contributed by atoms with Gasteiger partial charge in [0.25, 0.3) is 5.91 Å². The molecule has 12 heteroatoms. The predicted molar refractivity (Wildman–Crippen MR) is 98.4 cm³/mol. The summed E-state index contributed by atoms with van der Waals surface area (Å²) in [6.07, 6.45) is -1.52. The molecule has 0 radical (unpaired) electrons. The lowest BCUT2D eigenvalue weighted by molar-refractivity contribution is -0.138. The third-order valence-corrected chi connectivity index (χ3v) is 5.46. The number of hydrogen-bond acceptors (Lipinski definition) is 5. The van der Waals surface area contributed by atoms with Gasteiger partial charge < -0.3 is 0 Å². The molecule has 4 rings (SSSR count). The molecule has 0 atom stereocenters. The van der Waals surface area contributed by atoms with Crippen molar-refractivity contribution in [2.75, 3.05) is 5.32 Å². The zero-order chi connectivity index (χ0) is 20.1. The lowest BCUT2D eigenvalue weighted by atomic mass is 10.1. The fourth-order valence-electron chi connectivity index (χ4n) is 2.68. The average Bonchev–Trinajstić information content (AvgIpc) is 3.16. The Hall–Kier alpha value is -2.17. The molecule has 1 aliphatic rings. The van der Waals surface area contributed by atoms with Crippen LogP contribution in [0.2, 0.25) is 10.0 Å². The van der Waals surface area contributed by atoms with Gasteiger partial charge in [-0.05, 0) is 31.0 Å². The van der Waals surface area contributed by atoms with Gasteiger partial charge in [-0.2, -0.15) is 18.3 Å². The SMILES string of the molecule is O=C(Nc1nnc(C(F)(F)F)s1)c1cnn(-c2ccc(Cl)cc2Cl)c1C1CC1. The number of carbonyl (C=O) groups is 1. The van der Waals surface area contributed by atoms with Gasteiger partial charge >= 0.3 is 6.18 Å². The van der Waals surface area contributed by atoms with Crippen LogP contribution in [0.25, 0.3) is 5.69 Å². The van der Waals surface area contributed by atoms with E-state index in [9.17, 15) is 18.0 Å². The maximum absolute atomic E-state index is 12.7. The third-order valence-electron chi connectivity index (χ3n) is 4.04. The summed E-state index contributed by atoms with van der Waals surface area (Å²) >= 11 is 12.4. The van der Waals surface area contributed by atoms with E-state index < -0.39 is 17.1 Å². The Bertz CT molecular complexity index is 1060. The molecule has 1 aromatic carbocycles. The monoisotopic (exact) mass is 447 g/mol. The van der Waals surface area contributed by atoms with E-state index in [0.717, 1.165) is 12.8 Å². The number of aromatic nitrogens is 4. The van der Waals surface area contributed by atoms with Crippen LogP contribution in [0, 0.1) is 0 Å². The number of amides is 1. The minimum absolute atomic E-state index is 0.107. The molecular weight excluding hydrogens is 438 g/mol. The van der Waals surface area contributed by atoms with Crippen LogP contribution in [0.5, 0.6) is 0 Å². The number of hydrogen-bond donors (Lipinski definition) is 1. The minimum Gasteiger partial charge on any atom is -0.296 e. The highest BCUT2D eigenvalue weighted by Crippen LogP contribution is 2.43. The number of nitrogens with zero attached hydrogens (tertiary/aromatic N) is 4. The van der Waals surface area contributed by atoms with Crippen LogP contribution in [0.15, 0.2) is 24.4 Å². The molecule has 0 bridgehead atoms. The van der Waals surface area contributed by atoms with Gasteiger partial charge in [0, 0.05) is 10.9 Å². The average molecular weight is 448 g/mol. The number of nitrogens with one attached hydrogen (secondary N) is 1. The first-order valence-electron chi connectivity index (χ1n) is 7.99. The van der Waals surface area contributed by atoms with Gasteiger partial charge in [-0.15, -0.1) is 10.2 Å². The van der Waals surface area contributed by atoms with E-state index in [-0.39, 0.29) is 27.9 Å². The molecule has 1 aliphatic carbocycles. The van der Waals surface area contributed by atoms with Crippen LogP contribution in [0.3, 0.4) is 0 Å². The second-order valence-electron chi connectivity index (χ2n) is 6.09. The predicted octanol–water partition coefficient (Wildman–Crippen LogP) is 5.18. The van der Waals surface area contributed by atoms with Crippen LogP contribution in [0.4, 0.5) is 18.3 Å². The van der Waals surface area contributed by atoms with E-state index in [2.05, 4.69) is 20.6 Å². The van der Waals surface area contributed by atoms with Crippen LogP contribution < -0.4 is 5.32 Å². The fourth-order valence-corrected chi connectivity index (χ4v) is 3.77. The first-order chi connectivity index (χ1) is 13.2. The van der Waals surface area contributed by atoms with E-state index in [1.54, 1.807) is 22.9 Å². The normalized spacial score (nSPS) is 14.3. The molecule has 2 heterocycles. The van der Waals surface area contributed by atoms with Gasteiger partial charge in [0.05, 0.1) is 28.2 Å². The molecule has 0 spiro atoms. The Morgan fingerprint density at radius 3 is 2.61 bits per heavy atom. The van der Waals surface area contributed by atoms with E-state index in [0.29, 0.717) is 21.4 Å². The zero-order valence-corrected chi connectivity index (χ0v) is 16.1. The van der Waals surface area contributed by atoms with Crippen molar-refractivity contribution in [1.82, 2.24) is 20.0 Å². The molecular formula is C16H10Cl2F3N5OS. The van der Waals surface area contributed by atoms with E-state index in [1.807, 2.05) is 0 Å². The first-order valence-corrected chi connectivity index (χ1v) is 9.56. The Morgan fingerprint density at radius 2 is 2.00 bits per heavy atom. The van der Waals surface area contributed by atoms with Gasteiger partial charge in [-0.25, -0.2) is 4.68 Å². The summed E-state index contributed by atoms with van der Waals surface area (Å²) in [5, 5.41) is 12.5. The molecule has 1 amide bonds. The van der Waals surface area contributed by atoms with Crippen LogP contribution >= 0.6 is 34.5 Å². The van der Waals surface area contributed by atoms with Gasteiger partial charge in [0.15, 0.2) is 0 Å². The van der Waals surface area contributed by atoms with Gasteiger partial charge in [0.2, 0.25) is 10.1 Å². The second-order valence-corrected chi connectivity index (χ2v) is 7.91. The van der Waals surface area contributed by atoms with Crippen molar-refractivity contribution in [3.05, 3.63) is 50.7 Å². The van der Waals surface area contributed by atoms with E-state index in [1.165, 1.54) is 6.20 Å². The molecule has 0 unspecified atom stereocenters. The van der Waals surface area contributed by atoms with Gasteiger partial charge in [-0.3, -0.25) is 10.1 Å². The maximum Gasteiger partial charge on any atom is 0.445 e. The summed E-state index contributed by atoms with van der Waals surface area (Å²) < 4.78 is 39.5. The highest BCUT2D eigenvalue weighted by molar-refractivity contribution is 7.15. The van der Waals surface area contributed by atoms with Crippen LogP contribution in [-0.4, -0.2) is 25.9 Å². The molecule has 3 aromatic rings. The summed E-state index contributed by atoms with van der Waals surface area (Å²) in [5.74, 6) is -0.502. The maximum atomic E-state index is 12.7. The van der Waals surface area contributed by atoms with Crippen molar-refractivity contribution in [2.24, 2.45) is 0 Å². The summed E-state index contributed by atoms with van der Waals surface area (Å²) in [6, 6.07) is 4.91. The van der Waals surface area contributed by atoms with Crippen molar-refractivity contribution in [1.29, 1.82) is 0 Å². The smallest absolute Gasteiger partial charge is 0.296 e. The minimum atomic E-state index is -4.62. The summed E-state index contributed by atoms with van der Waals surface area (Å²) in [7, 11) is 0. The van der Waals surface area contributed by atoms with Crippen molar-refractivity contribution in [2.45, 2.75) is 24.9 Å². The Morgan fingerprint density at radius 1 is 1.25 bits per heavy atom. The van der Waals surface area contributed by atoms with E-state index >= 15 is 0 Å². The lowest BCUT2D eigenvalue weighted by Gasteiger charge is -2.10. The number of benzene rings is 1. The molecule has 6 nitrogen and oxygen atoms in total. The largest absolute Gasteiger partial charge is 0.445 e. The molecule has 28 heavy (non-hydrogen) atoms. The number of halogens is 5. The molecule has 0 aliphatic heterocycles. The van der Waals surface area contributed by atoms with Crippen LogP contribution in [-0.2, 0) is 6.18 Å². The number of carbonyl (C=O) groups excluding carboxylic acids is 1. The summed E-state index contributed by atoms with van der Waals surface area (Å²) in [4.78, 5) is 12.6. The number of alkyl halides is 3. The molecule has 1 N–H and O–H groups in total. The van der Waals surface area contributed by atoms with Crippen LogP contribution in [0.1, 0.15) is 39.8 Å². The molecule has 146 valence electrons. The van der Waals surface area contributed by atoms with Crippen molar-refractivity contribution < 1.29 is 18.0 Å². The molecule has 2 aromatic heterocycles. The lowest BCUT2D eigenvalue weighted by Crippen LogP contribution is -2.14. The zero-order valence-electron chi connectivity index (χ0n) is 13.8. The molecule has 1 fully saturated rings. The van der Waals surface area contributed by atoms with E-state index in [4.69, 9.17) is 23.2 Å². The number of rotatable bonds is 4. The Balaban J connectivity index is 1.66. The van der Waals surface area contributed by atoms with Gasteiger partial charge in [-0.1, -0.05) is 34.5 Å². The third kappa shape index (κ3) is 3.71. The number of anilines is 1. The van der Waals surface area contributed by atoms with Gasteiger partial charge in [0.1, 0.15) is 0 Å². The fraction of sp³-hybridized carbons (Fsp3) is 0.250.